The number of rotatable bonds is 5. The maximum absolute atomic E-state index is 11.1. The van der Waals surface area contributed by atoms with Crippen LogP contribution in [0.3, 0.4) is 0 Å². The molecule has 1 heterocycles. The fraction of sp³-hybridized carbons (Fsp3) is 0.455. The van der Waals surface area contributed by atoms with Gasteiger partial charge in [-0.25, -0.2) is 4.79 Å². The van der Waals surface area contributed by atoms with Gasteiger partial charge in [-0.05, 0) is 26.2 Å². The van der Waals surface area contributed by atoms with E-state index in [0.717, 1.165) is 18.0 Å². The van der Waals surface area contributed by atoms with Crippen molar-refractivity contribution in [2.45, 2.75) is 13.8 Å². The van der Waals surface area contributed by atoms with E-state index in [2.05, 4.69) is 10.3 Å². The van der Waals surface area contributed by atoms with E-state index in [0.29, 0.717) is 11.4 Å². The zero-order chi connectivity index (χ0) is 12.1. The first-order valence-electron chi connectivity index (χ1n) is 5.00. The van der Waals surface area contributed by atoms with E-state index in [1.807, 2.05) is 13.2 Å². The molecule has 0 fully saturated rings. The highest BCUT2D eigenvalue weighted by molar-refractivity contribution is 7.98. The second-order valence-corrected chi connectivity index (χ2v) is 4.48. The Bertz CT molecular complexity index is 394. The van der Waals surface area contributed by atoms with Crippen LogP contribution in [-0.2, 0) is 0 Å². The molecule has 88 valence electrons. The normalized spacial score (nSPS) is 10.2. The molecule has 0 atom stereocenters. The molecule has 5 heteroatoms. The van der Waals surface area contributed by atoms with Crippen LogP contribution in [0.1, 0.15) is 21.7 Å². The first-order valence-corrected chi connectivity index (χ1v) is 6.40. The second-order valence-electron chi connectivity index (χ2n) is 3.50. The first-order chi connectivity index (χ1) is 7.56. The Morgan fingerprint density at radius 3 is 2.81 bits per heavy atom. The van der Waals surface area contributed by atoms with Crippen LogP contribution in [0, 0.1) is 13.8 Å². The average molecular weight is 240 g/mol. The molecule has 0 spiro atoms. The smallest absolute Gasteiger partial charge is 0.339 e. The van der Waals surface area contributed by atoms with Crippen LogP contribution in [0.4, 0.5) is 5.69 Å². The van der Waals surface area contributed by atoms with Gasteiger partial charge in [-0.15, -0.1) is 0 Å². The van der Waals surface area contributed by atoms with E-state index in [9.17, 15) is 4.79 Å². The molecule has 0 aliphatic heterocycles. The molecule has 0 aliphatic carbocycles. The van der Waals surface area contributed by atoms with Crippen LogP contribution >= 0.6 is 11.8 Å². The topological polar surface area (TPSA) is 62.2 Å². The summed E-state index contributed by atoms with van der Waals surface area (Å²) in [7, 11) is 0. The average Bonchev–Trinajstić information content (AvgIpc) is 2.16. The highest BCUT2D eigenvalue weighted by Gasteiger charge is 2.14. The van der Waals surface area contributed by atoms with Crippen molar-refractivity contribution in [1.82, 2.24) is 4.98 Å². The van der Waals surface area contributed by atoms with Gasteiger partial charge in [0, 0.05) is 18.0 Å². The van der Waals surface area contributed by atoms with E-state index in [-0.39, 0.29) is 5.56 Å². The molecule has 0 bridgehead atoms. The lowest BCUT2D eigenvalue weighted by Gasteiger charge is -2.11. The lowest BCUT2D eigenvalue weighted by atomic mass is 10.1. The van der Waals surface area contributed by atoms with Crippen LogP contribution in [0.5, 0.6) is 0 Å². The van der Waals surface area contributed by atoms with Crippen molar-refractivity contribution in [2.24, 2.45) is 0 Å². The minimum atomic E-state index is -0.934. The number of carboxylic acid groups (broad SMARTS) is 1. The van der Waals surface area contributed by atoms with Crippen LogP contribution in [-0.4, -0.2) is 34.6 Å². The SMILES string of the molecule is CSCCNc1cc(C)nc(C)c1C(=O)O. The maximum atomic E-state index is 11.1. The van der Waals surface area contributed by atoms with Crippen molar-refractivity contribution >= 4 is 23.4 Å². The second kappa shape index (κ2) is 5.75. The van der Waals surface area contributed by atoms with Crippen molar-refractivity contribution in [1.29, 1.82) is 0 Å². The van der Waals surface area contributed by atoms with Gasteiger partial charge in [0.2, 0.25) is 0 Å². The highest BCUT2D eigenvalue weighted by atomic mass is 32.2. The lowest BCUT2D eigenvalue weighted by Crippen LogP contribution is -2.12. The number of anilines is 1. The molecular weight excluding hydrogens is 224 g/mol. The summed E-state index contributed by atoms with van der Waals surface area (Å²) in [5.74, 6) is 0.0103. The zero-order valence-electron chi connectivity index (χ0n) is 9.70. The Hall–Kier alpha value is -1.23. The van der Waals surface area contributed by atoms with Gasteiger partial charge in [0.1, 0.15) is 5.56 Å². The number of carboxylic acids is 1. The van der Waals surface area contributed by atoms with E-state index in [1.54, 1.807) is 24.8 Å². The van der Waals surface area contributed by atoms with Gasteiger partial charge in [-0.2, -0.15) is 11.8 Å². The molecule has 0 aliphatic rings. The number of nitrogens with zero attached hydrogens (tertiary/aromatic N) is 1. The standard InChI is InChI=1S/C11H16N2O2S/c1-7-6-9(12-4-5-16-3)10(11(14)15)8(2)13-7/h6H,4-5H2,1-3H3,(H,12,13)(H,14,15). The number of carbonyl (C=O) groups is 1. The monoisotopic (exact) mass is 240 g/mol. The Balaban J connectivity index is 2.99. The van der Waals surface area contributed by atoms with Crippen LogP contribution < -0.4 is 5.32 Å². The molecule has 0 saturated carbocycles. The van der Waals surface area contributed by atoms with Gasteiger partial charge in [0.15, 0.2) is 0 Å². The van der Waals surface area contributed by atoms with Crippen LogP contribution in [0.25, 0.3) is 0 Å². The lowest BCUT2D eigenvalue weighted by molar-refractivity contribution is 0.0696. The van der Waals surface area contributed by atoms with E-state index < -0.39 is 5.97 Å². The van der Waals surface area contributed by atoms with Gasteiger partial charge in [-0.3, -0.25) is 4.98 Å². The largest absolute Gasteiger partial charge is 0.478 e. The van der Waals surface area contributed by atoms with E-state index in [4.69, 9.17) is 5.11 Å². The van der Waals surface area contributed by atoms with Crippen molar-refractivity contribution in [3.05, 3.63) is 23.0 Å². The summed E-state index contributed by atoms with van der Waals surface area (Å²) in [5, 5.41) is 12.2. The Kier molecular flexibility index (Phi) is 4.61. The van der Waals surface area contributed by atoms with Gasteiger partial charge in [0.05, 0.1) is 11.4 Å². The zero-order valence-corrected chi connectivity index (χ0v) is 10.5. The summed E-state index contributed by atoms with van der Waals surface area (Å²) < 4.78 is 0. The fourth-order valence-electron chi connectivity index (χ4n) is 1.53. The molecule has 0 saturated heterocycles. The molecule has 1 aromatic rings. The Morgan fingerprint density at radius 2 is 2.25 bits per heavy atom. The number of aromatic nitrogens is 1. The minimum absolute atomic E-state index is 0.270. The number of pyridine rings is 1. The Morgan fingerprint density at radius 1 is 1.56 bits per heavy atom. The van der Waals surface area contributed by atoms with E-state index in [1.165, 1.54) is 0 Å². The van der Waals surface area contributed by atoms with Crippen molar-refractivity contribution in [3.63, 3.8) is 0 Å². The van der Waals surface area contributed by atoms with Crippen molar-refractivity contribution < 1.29 is 9.90 Å². The maximum Gasteiger partial charge on any atom is 0.339 e. The number of hydrogen-bond donors (Lipinski definition) is 2. The summed E-state index contributed by atoms with van der Waals surface area (Å²) in [6, 6.07) is 1.77. The molecule has 0 radical (unpaired) electrons. The van der Waals surface area contributed by atoms with Gasteiger partial charge in [-0.1, -0.05) is 0 Å². The van der Waals surface area contributed by atoms with Crippen LogP contribution in [0.15, 0.2) is 6.07 Å². The predicted octanol–water partition coefficient (Wildman–Crippen LogP) is 2.17. The van der Waals surface area contributed by atoms with Gasteiger partial charge < -0.3 is 10.4 Å². The molecule has 1 aromatic heterocycles. The number of aromatic carboxylic acids is 1. The third-order valence-corrected chi connectivity index (χ3v) is 2.78. The molecular formula is C11H16N2O2S. The fourth-order valence-corrected chi connectivity index (χ4v) is 1.83. The molecule has 4 nitrogen and oxygen atoms in total. The number of hydrogen-bond acceptors (Lipinski definition) is 4. The number of nitrogens with one attached hydrogen (secondary N) is 1. The third kappa shape index (κ3) is 3.13. The van der Waals surface area contributed by atoms with Gasteiger partial charge >= 0.3 is 5.97 Å². The summed E-state index contributed by atoms with van der Waals surface area (Å²) in [4.78, 5) is 15.3. The molecule has 1 rings (SSSR count). The van der Waals surface area contributed by atoms with Crippen molar-refractivity contribution in [2.75, 3.05) is 23.9 Å². The summed E-state index contributed by atoms with van der Waals surface area (Å²) in [6.07, 6.45) is 2.02. The Labute approximate surface area is 99.5 Å². The van der Waals surface area contributed by atoms with E-state index >= 15 is 0 Å². The summed E-state index contributed by atoms with van der Waals surface area (Å²) in [5.41, 5.74) is 2.31. The predicted molar refractivity (Wildman–Crippen MR) is 67.5 cm³/mol. The molecule has 0 amide bonds. The van der Waals surface area contributed by atoms with Gasteiger partial charge in [0.25, 0.3) is 0 Å². The quantitative estimate of drug-likeness (QED) is 0.772. The minimum Gasteiger partial charge on any atom is -0.478 e. The van der Waals surface area contributed by atoms with Crippen LogP contribution in [0.2, 0.25) is 0 Å². The highest BCUT2D eigenvalue weighted by Crippen LogP contribution is 2.19. The summed E-state index contributed by atoms with van der Waals surface area (Å²) >= 11 is 1.72. The molecule has 2 N–H and O–H groups in total. The summed E-state index contributed by atoms with van der Waals surface area (Å²) in [6.45, 7) is 4.33. The molecule has 0 unspecified atom stereocenters. The number of thioether (sulfide) groups is 1. The first kappa shape index (κ1) is 12.8. The number of aryl methyl sites for hydroxylation is 2. The molecule has 0 aromatic carbocycles. The molecule has 16 heavy (non-hydrogen) atoms. The third-order valence-electron chi connectivity index (χ3n) is 2.16. The van der Waals surface area contributed by atoms with Crippen molar-refractivity contribution in [3.8, 4) is 0 Å².